The van der Waals surface area contributed by atoms with Crippen molar-refractivity contribution in [3.8, 4) is 0 Å². The lowest BCUT2D eigenvalue weighted by atomic mass is 10.2. The van der Waals surface area contributed by atoms with Crippen LogP contribution in [0.4, 0.5) is 0 Å². The number of hydrogen-bond donors (Lipinski definition) is 1. The van der Waals surface area contributed by atoms with Crippen LogP contribution in [0.3, 0.4) is 0 Å². The van der Waals surface area contributed by atoms with E-state index in [9.17, 15) is 0 Å². The van der Waals surface area contributed by atoms with Crippen molar-refractivity contribution in [1.82, 2.24) is 10.2 Å². The molecule has 0 saturated heterocycles. The van der Waals surface area contributed by atoms with E-state index < -0.39 is 0 Å². The maximum Gasteiger partial charge on any atom is 0.0112 e. The Morgan fingerprint density at radius 2 is 1.63 bits per heavy atom. The first kappa shape index (κ1) is 16.5. The molecular weight excluding hydrogens is 252 g/mol. The lowest BCUT2D eigenvalue weighted by Gasteiger charge is -2.30. The molecule has 3 heteroatoms. The van der Waals surface area contributed by atoms with Crippen LogP contribution in [0.2, 0.25) is 0 Å². The number of benzene rings is 1. The molecule has 2 nitrogen and oxygen atoms in total. The molecule has 0 fully saturated rings. The van der Waals surface area contributed by atoms with E-state index in [1.165, 1.54) is 4.90 Å². The fourth-order valence-electron chi connectivity index (χ4n) is 2.20. The topological polar surface area (TPSA) is 15.3 Å². The monoisotopic (exact) mass is 280 g/mol. The van der Waals surface area contributed by atoms with Gasteiger partial charge in [-0.2, -0.15) is 0 Å². The SMILES string of the molecule is CC(C)N(CCNCCSc1ccccc1)C(C)C. The summed E-state index contributed by atoms with van der Waals surface area (Å²) < 4.78 is 0. The zero-order valence-corrected chi connectivity index (χ0v) is 13.5. The molecular formula is C16H28N2S. The Morgan fingerprint density at radius 1 is 1.00 bits per heavy atom. The van der Waals surface area contributed by atoms with Crippen LogP contribution in [0.15, 0.2) is 35.2 Å². The minimum absolute atomic E-state index is 0.625. The van der Waals surface area contributed by atoms with Crippen molar-refractivity contribution in [1.29, 1.82) is 0 Å². The van der Waals surface area contributed by atoms with Crippen molar-refractivity contribution >= 4 is 11.8 Å². The molecule has 1 rings (SSSR count). The second-order valence-corrected chi connectivity index (χ2v) is 6.51. The number of thioether (sulfide) groups is 1. The van der Waals surface area contributed by atoms with Crippen LogP contribution in [0.1, 0.15) is 27.7 Å². The van der Waals surface area contributed by atoms with E-state index >= 15 is 0 Å². The van der Waals surface area contributed by atoms with Crippen molar-refractivity contribution in [2.45, 2.75) is 44.7 Å². The highest BCUT2D eigenvalue weighted by molar-refractivity contribution is 7.99. The van der Waals surface area contributed by atoms with Gasteiger partial charge in [0.15, 0.2) is 0 Å². The van der Waals surface area contributed by atoms with Crippen LogP contribution in [0.25, 0.3) is 0 Å². The van der Waals surface area contributed by atoms with E-state index in [2.05, 4.69) is 68.2 Å². The van der Waals surface area contributed by atoms with E-state index in [1.807, 2.05) is 11.8 Å². The first-order chi connectivity index (χ1) is 9.11. The van der Waals surface area contributed by atoms with E-state index in [4.69, 9.17) is 0 Å². The second-order valence-electron chi connectivity index (χ2n) is 5.34. The lowest BCUT2D eigenvalue weighted by Crippen LogP contribution is -2.41. The molecule has 1 N–H and O–H groups in total. The zero-order chi connectivity index (χ0) is 14.1. The van der Waals surface area contributed by atoms with Crippen LogP contribution in [-0.2, 0) is 0 Å². The predicted molar refractivity (Wildman–Crippen MR) is 87.0 cm³/mol. The molecule has 19 heavy (non-hydrogen) atoms. The van der Waals surface area contributed by atoms with Gasteiger partial charge in [-0.3, -0.25) is 4.90 Å². The molecule has 0 aliphatic rings. The van der Waals surface area contributed by atoms with E-state index in [0.29, 0.717) is 12.1 Å². The zero-order valence-electron chi connectivity index (χ0n) is 12.7. The van der Waals surface area contributed by atoms with Crippen LogP contribution >= 0.6 is 11.8 Å². The highest BCUT2D eigenvalue weighted by Crippen LogP contribution is 2.15. The number of rotatable bonds is 9. The molecule has 0 atom stereocenters. The Labute approximate surface area is 123 Å². The standard InChI is InChI=1S/C16H28N2S/c1-14(2)18(15(3)4)12-10-17-11-13-19-16-8-6-5-7-9-16/h5-9,14-15,17H,10-13H2,1-4H3. The summed E-state index contributed by atoms with van der Waals surface area (Å²) in [5.41, 5.74) is 0. The summed E-state index contributed by atoms with van der Waals surface area (Å²) in [6, 6.07) is 11.8. The molecule has 0 aliphatic carbocycles. The number of nitrogens with one attached hydrogen (secondary N) is 1. The van der Waals surface area contributed by atoms with Gasteiger partial charge in [-0.15, -0.1) is 11.8 Å². The number of nitrogens with zero attached hydrogens (tertiary/aromatic N) is 1. The largest absolute Gasteiger partial charge is 0.315 e. The van der Waals surface area contributed by atoms with Gasteiger partial charge >= 0.3 is 0 Å². The Bertz CT molecular complexity index is 317. The van der Waals surface area contributed by atoms with Crippen LogP contribution in [0, 0.1) is 0 Å². The van der Waals surface area contributed by atoms with Gasteiger partial charge < -0.3 is 5.32 Å². The third kappa shape index (κ3) is 7.00. The highest BCUT2D eigenvalue weighted by Gasteiger charge is 2.11. The molecule has 0 unspecified atom stereocenters. The van der Waals surface area contributed by atoms with Gasteiger partial charge in [0, 0.05) is 42.4 Å². The van der Waals surface area contributed by atoms with Gasteiger partial charge in [0.05, 0.1) is 0 Å². The van der Waals surface area contributed by atoms with Gasteiger partial charge in [-0.25, -0.2) is 0 Å². The molecule has 0 bridgehead atoms. The minimum atomic E-state index is 0.625. The average molecular weight is 280 g/mol. The highest BCUT2D eigenvalue weighted by atomic mass is 32.2. The minimum Gasteiger partial charge on any atom is -0.315 e. The van der Waals surface area contributed by atoms with Crippen molar-refractivity contribution < 1.29 is 0 Å². The molecule has 0 radical (unpaired) electrons. The van der Waals surface area contributed by atoms with E-state index in [1.54, 1.807) is 0 Å². The van der Waals surface area contributed by atoms with Gasteiger partial charge in [0.25, 0.3) is 0 Å². The maximum atomic E-state index is 3.53. The molecule has 108 valence electrons. The molecule has 0 aliphatic heterocycles. The summed E-state index contributed by atoms with van der Waals surface area (Å²) in [5.74, 6) is 1.13. The van der Waals surface area contributed by atoms with Gasteiger partial charge in [-0.1, -0.05) is 18.2 Å². The lowest BCUT2D eigenvalue weighted by molar-refractivity contribution is 0.176. The third-order valence-electron chi connectivity index (χ3n) is 3.16. The smallest absolute Gasteiger partial charge is 0.0112 e. The molecule has 0 amide bonds. The number of hydrogen-bond acceptors (Lipinski definition) is 3. The fourth-order valence-corrected chi connectivity index (χ4v) is 3.04. The first-order valence-electron chi connectivity index (χ1n) is 7.25. The normalized spacial score (nSPS) is 11.7. The molecule has 0 aromatic heterocycles. The Kier molecular flexibility index (Phi) is 8.19. The molecule has 0 heterocycles. The summed E-state index contributed by atoms with van der Waals surface area (Å²) in [5, 5.41) is 3.53. The Morgan fingerprint density at radius 3 is 2.21 bits per heavy atom. The molecule has 0 spiro atoms. The molecule has 1 aromatic rings. The quantitative estimate of drug-likeness (QED) is 0.551. The van der Waals surface area contributed by atoms with Crippen molar-refractivity contribution in [3.05, 3.63) is 30.3 Å². The van der Waals surface area contributed by atoms with Gasteiger partial charge in [0.2, 0.25) is 0 Å². The van der Waals surface area contributed by atoms with Gasteiger partial charge in [0.1, 0.15) is 0 Å². The summed E-state index contributed by atoms with van der Waals surface area (Å²) in [6.07, 6.45) is 0. The summed E-state index contributed by atoms with van der Waals surface area (Å²) >= 11 is 1.92. The average Bonchev–Trinajstić information content (AvgIpc) is 2.38. The van der Waals surface area contributed by atoms with Crippen molar-refractivity contribution in [3.63, 3.8) is 0 Å². The van der Waals surface area contributed by atoms with E-state index in [-0.39, 0.29) is 0 Å². The Hall–Kier alpha value is -0.510. The van der Waals surface area contributed by atoms with Crippen LogP contribution in [-0.4, -0.2) is 42.4 Å². The second kappa shape index (κ2) is 9.40. The predicted octanol–water partition coefficient (Wildman–Crippen LogP) is 3.49. The molecule has 1 aromatic carbocycles. The Balaban J connectivity index is 2.08. The van der Waals surface area contributed by atoms with Crippen LogP contribution in [0.5, 0.6) is 0 Å². The summed E-state index contributed by atoms with van der Waals surface area (Å²) in [4.78, 5) is 3.88. The summed E-state index contributed by atoms with van der Waals surface area (Å²) in [7, 11) is 0. The summed E-state index contributed by atoms with van der Waals surface area (Å²) in [6.45, 7) is 12.4. The molecule has 0 saturated carbocycles. The van der Waals surface area contributed by atoms with Crippen molar-refractivity contribution in [2.24, 2.45) is 0 Å². The van der Waals surface area contributed by atoms with E-state index in [0.717, 1.165) is 25.4 Å². The van der Waals surface area contributed by atoms with Crippen LogP contribution < -0.4 is 5.32 Å². The van der Waals surface area contributed by atoms with Crippen molar-refractivity contribution in [2.75, 3.05) is 25.4 Å². The third-order valence-corrected chi connectivity index (χ3v) is 4.18. The van der Waals surface area contributed by atoms with Gasteiger partial charge in [-0.05, 0) is 39.8 Å². The maximum absolute atomic E-state index is 3.53. The fraction of sp³-hybridized carbons (Fsp3) is 0.625. The first-order valence-corrected chi connectivity index (χ1v) is 8.24.